The van der Waals surface area contributed by atoms with Crippen molar-refractivity contribution >= 4 is 35.0 Å². The van der Waals surface area contributed by atoms with E-state index in [0.717, 1.165) is 0 Å². The summed E-state index contributed by atoms with van der Waals surface area (Å²) in [6, 6.07) is 1.51. The first-order chi connectivity index (χ1) is 8.84. The van der Waals surface area contributed by atoms with Crippen LogP contribution in [0, 0.1) is 17.3 Å². The average molecular weight is 299 g/mol. The molecule has 0 spiro atoms. The highest BCUT2D eigenvalue weighted by Crippen LogP contribution is 2.63. The Morgan fingerprint density at radius 3 is 2.37 bits per heavy atom. The number of piperidine rings is 1. The second-order valence-corrected chi connectivity index (χ2v) is 6.43. The number of aromatic nitrogens is 1. The van der Waals surface area contributed by atoms with Crippen molar-refractivity contribution in [1.82, 2.24) is 9.88 Å². The first-order valence-electron chi connectivity index (χ1n) is 5.99. The number of halogens is 2. The van der Waals surface area contributed by atoms with Gasteiger partial charge in [0, 0.05) is 11.8 Å². The van der Waals surface area contributed by atoms with Crippen molar-refractivity contribution in [3.8, 4) is 0 Å². The zero-order valence-corrected chi connectivity index (χ0v) is 12.0. The molecule has 3 rings (SSSR count). The summed E-state index contributed by atoms with van der Waals surface area (Å²) in [6.45, 7) is 4.07. The smallest absolute Gasteiger partial charge is 0.233 e. The fourth-order valence-corrected chi connectivity index (χ4v) is 3.31. The van der Waals surface area contributed by atoms with Crippen LogP contribution in [-0.4, -0.2) is 21.7 Å². The van der Waals surface area contributed by atoms with Gasteiger partial charge in [0.25, 0.3) is 0 Å². The molecule has 1 aliphatic heterocycles. The summed E-state index contributed by atoms with van der Waals surface area (Å²) in [5.74, 6) is -0.546. The number of hydrogen-bond donors (Lipinski definition) is 0. The molecule has 1 saturated heterocycles. The molecule has 100 valence electrons. The van der Waals surface area contributed by atoms with E-state index in [9.17, 15) is 9.59 Å². The normalized spacial score (nSPS) is 27.7. The van der Waals surface area contributed by atoms with Gasteiger partial charge in [0.05, 0.1) is 23.4 Å². The van der Waals surface area contributed by atoms with Gasteiger partial charge in [0.15, 0.2) is 0 Å². The Bertz CT molecular complexity index is 576. The summed E-state index contributed by atoms with van der Waals surface area (Å²) < 4.78 is 0. The second-order valence-electron chi connectivity index (χ2n) is 5.64. The standard InChI is InChI=1S/C13H12Cl2N2O2/c1-13(2)9-10(13)12(19)17(11(9)18)5-6-4-16-8(15)3-7(6)14/h3-4,9-10H,5H2,1-2H3. The van der Waals surface area contributed by atoms with Crippen LogP contribution in [0.3, 0.4) is 0 Å². The number of carbonyl (C=O) groups excluding carboxylic acids is 2. The molecule has 2 unspecified atom stereocenters. The van der Waals surface area contributed by atoms with E-state index in [1.807, 2.05) is 13.8 Å². The van der Waals surface area contributed by atoms with E-state index in [4.69, 9.17) is 23.2 Å². The number of imide groups is 1. The van der Waals surface area contributed by atoms with Crippen LogP contribution in [0.25, 0.3) is 0 Å². The van der Waals surface area contributed by atoms with Gasteiger partial charge in [0.1, 0.15) is 5.15 Å². The lowest BCUT2D eigenvalue weighted by Gasteiger charge is -2.20. The quantitative estimate of drug-likeness (QED) is 0.623. The molecule has 0 N–H and O–H groups in total. The molecule has 6 heteroatoms. The summed E-state index contributed by atoms with van der Waals surface area (Å²) in [7, 11) is 0. The number of nitrogens with zero attached hydrogens (tertiary/aromatic N) is 2. The first kappa shape index (κ1) is 12.9. The van der Waals surface area contributed by atoms with Crippen molar-refractivity contribution in [3.05, 3.63) is 28.0 Å². The van der Waals surface area contributed by atoms with Gasteiger partial charge in [0.2, 0.25) is 11.8 Å². The Balaban J connectivity index is 1.83. The molecule has 2 fully saturated rings. The Hall–Kier alpha value is -1.13. The maximum absolute atomic E-state index is 12.2. The number of amides is 2. The second kappa shape index (κ2) is 3.93. The molecule has 4 nitrogen and oxygen atoms in total. The monoisotopic (exact) mass is 298 g/mol. The third-order valence-electron chi connectivity index (χ3n) is 4.12. The molecule has 19 heavy (non-hydrogen) atoms. The zero-order valence-electron chi connectivity index (χ0n) is 10.5. The van der Waals surface area contributed by atoms with Crippen LogP contribution >= 0.6 is 23.2 Å². The van der Waals surface area contributed by atoms with E-state index in [-0.39, 0.29) is 40.8 Å². The van der Waals surface area contributed by atoms with Crippen molar-refractivity contribution < 1.29 is 9.59 Å². The minimum absolute atomic E-state index is 0.106. The van der Waals surface area contributed by atoms with Crippen LogP contribution in [0.15, 0.2) is 12.3 Å². The summed E-state index contributed by atoms with van der Waals surface area (Å²) in [6.07, 6.45) is 1.50. The van der Waals surface area contributed by atoms with Crippen LogP contribution in [0.5, 0.6) is 0 Å². The number of fused-ring (bicyclic) bond motifs is 1. The lowest BCUT2D eigenvalue weighted by Crippen LogP contribution is -2.35. The van der Waals surface area contributed by atoms with Crippen LogP contribution in [0.4, 0.5) is 0 Å². The molecule has 1 saturated carbocycles. The van der Waals surface area contributed by atoms with Gasteiger partial charge in [-0.3, -0.25) is 14.5 Å². The summed E-state index contributed by atoms with van der Waals surface area (Å²) >= 11 is 11.7. The fourth-order valence-electron chi connectivity index (χ4n) is 2.88. The predicted molar refractivity (Wildman–Crippen MR) is 70.6 cm³/mol. The Labute approximate surface area is 120 Å². The largest absolute Gasteiger partial charge is 0.277 e. The number of pyridine rings is 1. The molecule has 0 bridgehead atoms. The molecule has 1 aromatic heterocycles. The summed E-state index contributed by atoms with van der Waals surface area (Å²) in [4.78, 5) is 29.5. The molecular weight excluding hydrogens is 287 g/mol. The maximum atomic E-state index is 12.2. The van der Waals surface area contributed by atoms with Gasteiger partial charge >= 0.3 is 0 Å². The van der Waals surface area contributed by atoms with E-state index in [0.29, 0.717) is 10.6 Å². The highest BCUT2D eigenvalue weighted by molar-refractivity contribution is 6.34. The highest BCUT2D eigenvalue weighted by atomic mass is 35.5. The number of carbonyl (C=O) groups is 2. The molecule has 1 aliphatic carbocycles. The molecule has 1 aromatic rings. The molecule has 2 atom stereocenters. The first-order valence-corrected chi connectivity index (χ1v) is 6.75. The number of hydrogen-bond acceptors (Lipinski definition) is 3. The summed E-state index contributed by atoms with van der Waals surface area (Å²) in [5, 5.41) is 0.706. The predicted octanol–water partition coefficient (Wildman–Crippen LogP) is 2.53. The van der Waals surface area contributed by atoms with Gasteiger partial charge in [-0.15, -0.1) is 0 Å². The molecular formula is C13H12Cl2N2O2. The topological polar surface area (TPSA) is 50.3 Å². The third-order valence-corrected chi connectivity index (χ3v) is 4.67. The maximum Gasteiger partial charge on any atom is 0.233 e. The number of rotatable bonds is 2. The molecule has 2 heterocycles. The molecule has 2 aliphatic rings. The minimum atomic E-state index is -0.188. The van der Waals surface area contributed by atoms with Gasteiger partial charge in [-0.05, 0) is 11.5 Å². The molecule has 0 aromatic carbocycles. The molecule has 2 amide bonds. The van der Waals surface area contributed by atoms with Gasteiger partial charge in [-0.1, -0.05) is 37.0 Å². The Kier molecular flexibility index (Phi) is 2.67. The van der Waals surface area contributed by atoms with E-state index < -0.39 is 0 Å². The van der Waals surface area contributed by atoms with Crippen LogP contribution in [0.2, 0.25) is 10.2 Å². The van der Waals surface area contributed by atoms with E-state index >= 15 is 0 Å². The van der Waals surface area contributed by atoms with E-state index in [2.05, 4.69) is 4.98 Å². The average Bonchev–Trinajstić information content (AvgIpc) is 2.78. The van der Waals surface area contributed by atoms with E-state index in [1.54, 1.807) is 0 Å². The highest BCUT2D eigenvalue weighted by Gasteiger charge is 2.72. The van der Waals surface area contributed by atoms with Crippen molar-refractivity contribution in [2.75, 3.05) is 0 Å². The zero-order chi connectivity index (χ0) is 13.9. The van der Waals surface area contributed by atoms with Crippen molar-refractivity contribution in [3.63, 3.8) is 0 Å². The molecule has 0 radical (unpaired) electrons. The van der Waals surface area contributed by atoms with Crippen LogP contribution in [-0.2, 0) is 16.1 Å². The lowest BCUT2D eigenvalue weighted by molar-refractivity contribution is -0.143. The SMILES string of the molecule is CC1(C)C2C(=O)N(Cc3cnc(Cl)cc3Cl)C(=O)C21. The van der Waals surface area contributed by atoms with Gasteiger partial charge in [-0.25, -0.2) is 4.98 Å². The summed E-state index contributed by atoms with van der Waals surface area (Å²) in [5.41, 5.74) is 0.444. The minimum Gasteiger partial charge on any atom is -0.277 e. The van der Waals surface area contributed by atoms with Crippen LogP contribution < -0.4 is 0 Å². The fraction of sp³-hybridized carbons (Fsp3) is 0.462. The van der Waals surface area contributed by atoms with Gasteiger partial charge < -0.3 is 0 Å². The van der Waals surface area contributed by atoms with Crippen LogP contribution in [0.1, 0.15) is 19.4 Å². The van der Waals surface area contributed by atoms with Crippen molar-refractivity contribution in [1.29, 1.82) is 0 Å². The van der Waals surface area contributed by atoms with E-state index in [1.165, 1.54) is 17.2 Å². The third kappa shape index (κ3) is 1.77. The van der Waals surface area contributed by atoms with Crippen molar-refractivity contribution in [2.24, 2.45) is 17.3 Å². The number of likely N-dealkylation sites (tertiary alicyclic amines) is 1. The van der Waals surface area contributed by atoms with Crippen molar-refractivity contribution in [2.45, 2.75) is 20.4 Å². The lowest BCUT2D eigenvalue weighted by atomic mass is 10.1. The Morgan fingerprint density at radius 2 is 1.84 bits per heavy atom. The van der Waals surface area contributed by atoms with Gasteiger partial charge in [-0.2, -0.15) is 0 Å². The Morgan fingerprint density at radius 1 is 1.26 bits per heavy atom.